The van der Waals surface area contributed by atoms with E-state index in [4.69, 9.17) is 11.6 Å². The lowest BCUT2D eigenvalue weighted by atomic mass is 9.65. The molecule has 1 saturated heterocycles. The molecule has 2 amide bonds. The number of nitrogens with zero attached hydrogens (tertiary/aromatic N) is 3. The molecule has 0 atom stereocenters. The summed E-state index contributed by atoms with van der Waals surface area (Å²) in [6, 6.07) is 6.26. The monoisotopic (exact) mass is 467 g/mol. The van der Waals surface area contributed by atoms with E-state index in [1.807, 2.05) is 0 Å². The first-order valence-corrected chi connectivity index (χ1v) is 10.0. The topological polar surface area (TPSA) is 90.8 Å². The van der Waals surface area contributed by atoms with Crippen molar-refractivity contribution in [2.24, 2.45) is 5.92 Å². The number of benzene rings is 1. The number of aliphatic carboxylic acids is 1. The Bertz CT molecular complexity index is 1090. The number of carboxylic acids is 1. The molecule has 2 aromatic rings. The summed E-state index contributed by atoms with van der Waals surface area (Å²) in [4.78, 5) is 43.9. The minimum atomic E-state index is -2.65. The van der Waals surface area contributed by atoms with E-state index in [1.54, 1.807) is 0 Å². The Morgan fingerprint density at radius 2 is 1.91 bits per heavy atom. The number of piperazine rings is 1. The van der Waals surface area contributed by atoms with Crippen LogP contribution in [0.5, 0.6) is 0 Å². The van der Waals surface area contributed by atoms with Crippen molar-refractivity contribution in [1.82, 2.24) is 9.88 Å². The summed E-state index contributed by atoms with van der Waals surface area (Å²) in [5.74, 6) is -4.40. The second-order valence-corrected chi connectivity index (χ2v) is 8.28. The molecule has 168 valence electrons. The predicted octanol–water partition coefficient (Wildman–Crippen LogP) is 3.42. The van der Waals surface area contributed by atoms with Gasteiger partial charge in [-0.2, -0.15) is 0 Å². The van der Waals surface area contributed by atoms with Gasteiger partial charge in [-0.3, -0.25) is 19.3 Å². The van der Waals surface area contributed by atoms with Crippen molar-refractivity contribution in [2.45, 2.75) is 31.4 Å². The van der Waals surface area contributed by atoms with Gasteiger partial charge >= 0.3 is 5.97 Å². The number of carbonyl (C=O) groups is 3. The Kier molecular flexibility index (Phi) is 5.58. The number of aromatic nitrogens is 1. The lowest BCUT2D eigenvalue weighted by molar-refractivity contribution is -0.169. The molecular formula is C21H17ClF3N3O4. The average molecular weight is 468 g/mol. The number of hydrogen-bond acceptors (Lipinski definition) is 4. The van der Waals surface area contributed by atoms with Crippen molar-refractivity contribution >= 4 is 35.2 Å². The van der Waals surface area contributed by atoms with Crippen molar-refractivity contribution < 1.29 is 32.7 Å². The van der Waals surface area contributed by atoms with Crippen molar-refractivity contribution in [2.75, 3.05) is 11.4 Å². The third kappa shape index (κ3) is 3.68. The molecule has 0 unspecified atom stereocenters. The first-order chi connectivity index (χ1) is 15.1. The second kappa shape index (κ2) is 8.09. The highest BCUT2D eigenvalue weighted by molar-refractivity contribution is 6.30. The van der Waals surface area contributed by atoms with Gasteiger partial charge in [0, 0.05) is 18.3 Å². The fraction of sp³-hybridized carbons (Fsp3) is 0.333. The van der Waals surface area contributed by atoms with E-state index in [1.165, 1.54) is 29.2 Å². The number of carbonyl (C=O) groups excluding carboxylic acids is 2. The molecule has 2 fully saturated rings. The van der Waals surface area contributed by atoms with Gasteiger partial charge in [0.05, 0.1) is 10.9 Å². The summed E-state index contributed by atoms with van der Waals surface area (Å²) in [6.45, 7) is -0.580. The number of amides is 2. The molecule has 1 aliphatic carbocycles. The van der Waals surface area contributed by atoms with Gasteiger partial charge in [-0.25, -0.2) is 18.2 Å². The summed E-state index contributed by atoms with van der Waals surface area (Å²) in [7, 11) is 0. The Morgan fingerprint density at radius 3 is 2.47 bits per heavy atom. The minimum Gasteiger partial charge on any atom is -0.481 e. The van der Waals surface area contributed by atoms with E-state index >= 15 is 0 Å². The van der Waals surface area contributed by atoms with E-state index in [9.17, 15) is 32.7 Å². The smallest absolute Gasteiger partial charge is 0.306 e. The molecule has 1 spiro atoms. The number of hydrogen-bond donors (Lipinski definition) is 1. The van der Waals surface area contributed by atoms with Crippen LogP contribution in [0.15, 0.2) is 36.5 Å². The highest BCUT2D eigenvalue weighted by Gasteiger charge is 2.62. The number of pyridine rings is 1. The molecule has 1 N–H and O–H groups in total. The van der Waals surface area contributed by atoms with E-state index in [0.29, 0.717) is 5.56 Å². The quantitative estimate of drug-likeness (QED) is 0.727. The molecule has 32 heavy (non-hydrogen) atoms. The third-order valence-corrected chi connectivity index (χ3v) is 6.09. The Morgan fingerprint density at radius 1 is 1.25 bits per heavy atom. The fourth-order valence-electron chi connectivity index (χ4n) is 4.19. The maximum atomic E-state index is 14.4. The van der Waals surface area contributed by atoms with E-state index < -0.39 is 48.0 Å². The molecule has 1 aromatic heterocycles. The lowest BCUT2D eigenvalue weighted by Crippen LogP contribution is -2.73. The van der Waals surface area contributed by atoms with Gasteiger partial charge < -0.3 is 10.0 Å². The first kappa shape index (κ1) is 22.1. The van der Waals surface area contributed by atoms with Crippen LogP contribution in [0.1, 0.15) is 30.4 Å². The van der Waals surface area contributed by atoms with Gasteiger partial charge in [0.25, 0.3) is 12.3 Å². The largest absolute Gasteiger partial charge is 0.481 e. The molecule has 7 nitrogen and oxygen atoms in total. The van der Waals surface area contributed by atoms with Crippen LogP contribution in [-0.4, -0.2) is 44.9 Å². The summed E-state index contributed by atoms with van der Waals surface area (Å²) in [5, 5.41) is 9.34. The van der Waals surface area contributed by atoms with Gasteiger partial charge in [0.1, 0.15) is 12.1 Å². The van der Waals surface area contributed by atoms with Gasteiger partial charge in [0.2, 0.25) is 5.91 Å². The van der Waals surface area contributed by atoms with Crippen molar-refractivity contribution in [3.05, 3.63) is 58.5 Å². The van der Waals surface area contributed by atoms with Crippen LogP contribution in [0.3, 0.4) is 0 Å². The van der Waals surface area contributed by atoms with Gasteiger partial charge in [-0.15, -0.1) is 0 Å². The molecule has 2 aliphatic rings. The Labute approximate surface area is 185 Å². The fourth-order valence-corrected chi connectivity index (χ4v) is 4.34. The number of rotatable bonds is 5. The zero-order chi connectivity index (χ0) is 23.2. The van der Waals surface area contributed by atoms with Crippen LogP contribution < -0.4 is 4.90 Å². The molecule has 1 aromatic carbocycles. The standard InChI is InChI=1S/C21H17ClF3N3O4/c22-14-5-15(23)18(26-8-14)27-10-16(29)28(9-11-1-3-12(4-2-11)17(24)25)21(20(27)32)6-13(7-21)19(30)31/h1-5,8,13,17H,6-7,9-10H2,(H,30,31). The Hall–Kier alpha value is -3.14. The third-order valence-electron chi connectivity index (χ3n) is 5.89. The van der Waals surface area contributed by atoms with Crippen LogP contribution >= 0.6 is 11.6 Å². The second-order valence-electron chi connectivity index (χ2n) is 7.85. The number of alkyl halides is 2. The number of halogens is 4. The molecule has 11 heteroatoms. The SMILES string of the molecule is O=C(O)C1CC2(C1)C(=O)N(c1ncc(Cl)cc1F)CC(=O)N2Cc1ccc(C(F)F)cc1. The normalized spacial score (nSPS) is 23.1. The van der Waals surface area contributed by atoms with Gasteiger partial charge in [-0.1, -0.05) is 35.9 Å². The molecular weight excluding hydrogens is 451 g/mol. The van der Waals surface area contributed by atoms with E-state index in [2.05, 4.69) is 4.98 Å². The lowest BCUT2D eigenvalue weighted by Gasteiger charge is -2.55. The summed E-state index contributed by atoms with van der Waals surface area (Å²) in [6.07, 6.45) is -1.80. The number of anilines is 1. The van der Waals surface area contributed by atoms with Crippen LogP contribution in [0.25, 0.3) is 0 Å². The van der Waals surface area contributed by atoms with Crippen molar-refractivity contribution in [3.63, 3.8) is 0 Å². The highest BCUT2D eigenvalue weighted by atomic mass is 35.5. The summed E-state index contributed by atoms with van der Waals surface area (Å²) < 4.78 is 40.1. The van der Waals surface area contributed by atoms with Crippen LogP contribution in [0, 0.1) is 11.7 Å². The molecule has 4 rings (SSSR count). The maximum absolute atomic E-state index is 14.4. The maximum Gasteiger partial charge on any atom is 0.306 e. The predicted molar refractivity (Wildman–Crippen MR) is 107 cm³/mol. The van der Waals surface area contributed by atoms with E-state index in [0.717, 1.165) is 17.2 Å². The average Bonchev–Trinajstić information content (AvgIpc) is 2.70. The summed E-state index contributed by atoms with van der Waals surface area (Å²) in [5.41, 5.74) is -1.18. The van der Waals surface area contributed by atoms with Crippen molar-refractivity contribution in [1.29, 1.82) is 0 Å². The molecule has 1 aliphatic heterocycles. The molecule has 0 radical (unpaired) electrons. The van der Waals surface area contributed by atoms with Crippen molar-refractivity contribution in [3.8, 4) is 0 Å². The van der Waals surface area contributed by atoms with Gasteiger partial charge in [-0.05, 0) is 24.5 Å². The Balaban J connectivity index is 1.67. The van der Waals surface area contributed by atoms with Crippen LogP contribution in [-0.2, 0) is 20.9 Å². The van der Waals surface area contributed by atoms with E-state index in [-0.39, 0.29) is 35.8 Å². The first-order valence-electron chi connectivity index (χ1n) is 9.65. The molecule has 0 bridgehead atoms. The molecule has 2 heterocycles. The minimum absolute atomic E-state index is 0.0141. The van der Waals surface area contributed by atoms with Crippen LogP contribution in [0.4, 0.5) is 19.0 Å². The zero-order valence-corrected chi connectivity index (χ0v) is 17.2. The zero-order valence-electron chi connectivity index (χ0n) is 16.5. The highest BCUT2D eigenvalue weighted by Crippen LogP contribution is 2.47. The van der Waals surface area contributed by atoms with Gasteiger partial charge in [0.15, 0.2) is 11.6 Å². The van der Waals surface area contributed by atoms with Crippen LogP contribution in [0.2, 0.25) is 5.02 Å². The summed E-state index contributed by atoms with van der Waals surface area (Å²) >= 11 is 5.72. The molecule has 1 saturated carbocycles. The number of carboxylic acid groups (broad SMARTS) is 1.